The quantitative estimate of drug-likeness (QED) is 0.408. The van der Waals surface area contributed by atoms with Gasteiger partial charge in [0.1, 0.15) is 11.6 Å². The number of hydrogen-bond donors (Lipinski definition) is 0. The lowest BCUT2D eigenvalue weighted by molar-refractivity contribution is 0.346. The molecule has 192 valence electrons. The van der Waals surface area contributed by atoms with Crippen molar-refractivity contribution in [2.45, 2.75) is 42.1 Å². The van der Waals surface area contributed by atoms with Crippen LogP contribution in [-0.2, 0) is 33.1 Å². The second kappa shape index (κ2) is 11.1. The fourth-order valence-electron chi connectivity index (χ4n) is 4.20. The third-order valence-corrected chi connectivity index (χ3v) is 9.93. The minimum Gasteiger partial charge on any atom is -0.497 e. The predicted molar refractivity (Wildman–Crippen MR) is 135 cm³/mol. The lowest BCUT2D eigenvalue weighted by Gasteiger charge is -2.26. The molecule has 0 radical (unpaired) electrons. The van der Waals surface area contributed by atoms with Crippen molar-refractivity contribution in [3.05, 3.63) is 89.7 Å². The van der Waals surface area contributed by atoms with E-state index < -0.39 is 25.9 Å². The van der Waals surface area contributed by atoms with Crippen LogP contribution in [0.4, 0.5) is 4.39 Å². The van der Waals surface area contributed by atoms with Gasteiger partial charge < -0.3 is 4.74 Å². The van der Waals surface area contributed by atoms with Crippen molar-refractivity contribution < 1.29 is 26.0 Å². The Hall–Kier alpha value is -2.79. The number of methoxy groups -OCH3 is 1. The molecule has 0 aliphatic carbocycles. The SMILES string of the molecule is COc1cccc(CN(Cc2ccccc2F)S(=O)(=O)c2ccc(S(=O)(=O)N3CCCCC3)cc2)c1. The summed E-state index contributed by atoms with van der Waals surface area (Å²) >= 11 is 0. The summed E-state index contributed by atoms with van der Waals surface area (Å²) in [5.41, 5.74) is 0.895. The zero-order valence-corrected chi connectivity index (χ0v) is 21.6. The Kier molecular flexibility index (Phi) is 8.09. The average Bonchev–Trinajstić information content (AvgIpc) is 2.90. The van der Waals surface area contributed by atoms with Crippen LogP contribution < -0.4 is 4.74 Å². The molecule has 1 fully saturated rings. The molecule has 3 aromatic carbocycles. The largest absolute Gasteiger partial charge is 0.497 e. The molecule has 0 bridgehead atoms. The van der Waals surface area contributed by atoms with Gasteiger partial charge in [0.2, 0.25) is 20.0 Å². The van der Waals surface area contributed by atoms with Crippen LogP contribution in [0, 0.1) is 5.82 Å². The number of hydrogen-bond acceptors (Lipinski definition) is 5. The van der Waals surface area contributed by atoms with Gasteiger partial charge in [-0.1, -0.05) is 36.8 Å². The van der Waals surface area contributed by atoms with E-state index in [0.717, 1.165) is 19.3 Å². The van der Waals surface area contributed by atoms with Crippen molar-refractivity contribution in [1.29, 1.82) is 0 Å². The summed E-state index contributed by atoms with van der Waals surface area (Å²) in [6, 6.07) is 18.2. The average molecular weight is 533 g/mol. The Morgan fingerprint density at radius 1 is 0.833 bits per heavy atom. The van der Waals surface area contributed by atoms with Crippen LogP contribution in [0.2, 0.25) is 0 Å². The molecule has 7 nitrogen and oxygen atoms in total. The van der Waals surface area contributed by atoms with Crippen molar-refractivity contribution >= 4 is 20.0 Å². The molecule has 1 heterocycles. The summed E-state index contributed by atoms with van der Waals surface area (Å²) in [7, 11) is -6.28. The van der Waals surface area contributed by atoms with Crippen LogP contribution >= 0.6 is 0 Å². The minimum absolute atomic E-state index is 0.0261. The number of ether oxygens (including phenoxy) is 1. The van der Waals surface area contributed by atoms with Crippen molar-refractivity contribution in [3.8, 4) is 5.75 Å². The molecular weight excluding hydrogens is 503 g/mol. The molecule has 4 rings (SSSR count). The fourth-order valence-corrected chi connectivity index (χ4v) is 7.13. The van der Waals surface area contributed by atoms with E-state index in [1.807, 2.05) is 0 Å². The van der Waals surface area contributed by atoms with Crippen LogP contribution in [0.15, 0.2) is 82.6 Å². The summed E-state index contributed by atoms with van der Waals surface area (Å²) in [5.74, 6) is 0.0642. The third-order valence-electron chi connectivity index (χ3n) is 6.21. The Bertz CT molecular complexity index is 1400. The van der Waals surface area contributed by atoms with E-state index in [1.54, 1.807) is 36.4 Å². The second-order valence-corrected chi connectivity index (χ2v) is 12.5. The first-order chi connectivity index (χ1) is 17.2. The molecule has 36 heavy (non-hydrogen) atoms. The smallest absolute Gasteiger partial charge is 0.243 e. The van der Waals surface area contributed by atoms with Crippen molar-refractivity contribution in [1.82, 2.24) is 8.61 Å². The Labute approximate surface area is 212 Å². The van der Waals surface area contributed by atoms with E-state index in [2.05, 4.69) is 0 Å². The standard InChI is InChI=1S/C26H29FN2O5S2/c1-34-23-10-7-8-21(18-23)19-29(20-22-9-3-4-11-26(22)27)36(32,33)25-14-12-24(13-15-25)35(30,31)28-16-5-2-6-17-28/h3-4,7-15,18H,2,5-6,16-17,19-20H2,1H3. The highest BCUT2D eigenvalue weighted by molar-refractivity contribution is 7.89. The van der Waals surface area contributed by atoms with Gasteiger partial charge >= 0.3 is 0 Å². The summed E-state index contributed by atoms with van der Waals surface area (Å²) in [4.78, 5) is -0.0175. The van der Waals surface area contributed by atoms with Gasteiger partial charge in [0.05, 0.1) is 16.9 Å². The minimum atomic E-state index is -4.10. The molecule has 0 unspecified atom stereocenters. The molecule has 0 atom stereocenters. The highest BCUT2D eigenvalue weighted by Gasteiger charge is 2.29. The highest BCUT2D eigenvalue weighted by Crippen LogP contribution is 2.26. The first-order valence-corrected chi connectivity index (χ1v) is 14.6. The van der Waals surface area contributed by atoms with Gasteiger partial charge in [0.15, 0.2) is 0 Å². The molecule has 1 saturated heterocycles. The van der Waals surface area contributed by atoms with Gasteiger partial charge in [0.25, 0.3) is 0 Å². The van der Waals surface area contributed by atoms with Gasteiger partial charge in [-0.15, -0.1) is 0 Å². The summed E-state index contributed by atoms with van der Waals surface area (Å²) in [6.07, 6.45) is 2.61. The predicted octanol–water partition coefficient (Wildman–Crippen LogP) is 4.40. The van der Waals surface area contributed by atoms with E-state index in [1.165, 1.54) is 52.1 Å². The monoisotopic (exact) mass is 532 g/mol. The number of benzene rings is 3. The van der Waals surface area contributed by atoms with Crippen molar-refractivity contribution in [2.24, 2.45) is 0 Å². The van der Waals surface area contributed by atoms with Crippen LogP contribution in [-0.4, -0.2) is 45.6 Å². The van der Waals surface area contributed by atoms with Crippen LogP contribution in [0.3, 0.4) is 0 Å². The zero-order valence-electron chi connectivity index (χ0n) is 20.0. The number of rotatable bonds is 9. The van der Waals surface area contributed by atoms with Crippen LogP contribution in [0.25, 0.3) is 0 Å². The first-order valence-electron chi connectivity index (χ1n) is 11.7. The van der Waals surface area contributed by atoms with E-state index in [-0.39, 0.29) is 28.4 Å². The number of halogens is 1. The van der Waals surface area contributed by atoms with Gasteiger partial charge in [-0.2, -0.15) is 8.61 Å². The van der Waals surface area contributed by atoms with Gasteiger partial charge in [0, 0.05) is 31.7 Å². The zero-order chi connectivity index (χ0) is 25.8. The third kappa shape index (κ3) is 5.78. The van der Waals surface area contributed by atoms with Gasteiger partial charge in [-0.25, -0.2) is 21.2 Å². The summed E-state index contributed by atoms with van der Waals surface area (Å²) in [5, 5.41) is 0. The van der Waals surface area contributed by atoms with Crippen molar-refractivity contribution in [3.63, 3.8) is 0 Å². The maximum absolute atomic E-state index is 14.4. The fraction of sp³-hybridized carbons (Fsp3) is 0.308. The topological polar surface area (TPSA) is 84.0 Å². The lowest BCUT2D eigenvalue weighted by Crippen LogP contribution is -2.35. The van der Waals surface area contributed by atoms with Crippen LogP contribution in [0.1, 0.15) is 30.4 Å². The van der Waals surface area contributed by atoms with Gasteiger partial charge in [-0.05, 0) is 60.9 Å². The molecule has 0 saturated carbocycles. The number of sulfonamides is 2. The molecule has 0 amide bonds. The molecule has 10 heteroatoms. The van der Waals surface area contributed by atoms with Gasteiger partial charge in [-0.3, -0.25) is 0 Å². The Morgan fingerprint density at radius 3 is 2.17 bits per heavy atom. The number of piperidine rings is 1. The van der Waals surface area contributed by atoms with Crippen molar-refractivity contribution in [2.75, 3.05) is 20.2 Å². The maximum atomic E-state index is 14.4. The highest BCUT2D eigenvalue weighted by atomic mass is 32.2. The molecular formula is C26H29FN2O5S2. The second-order valence-electron chi connectivity index (χ2n) is 8.65. The van der Waals surface area contributed by atoms with E-state index >= 15 is 0 Å². The normalized spacial score (nSPS) is 15.2. The lowest BCUT2D eigenvalue weighted by atomic mass is 10.2. The molecule has 3 aromatic rings. The first kappa shape index (κ1) is 26.3. The molecule has 1 aliphatic heterocycles. The maximum Gasteiger partial charge on any atom is 0.243 e. The van der Waals surface area contributed by atoms with E-state index in [4.69, 9.17) is 4.74 Å². The van der Waals surface area contributed by atoms with Crippen LogP contribution in [0.5, 0.6) is 5.75 Å². The molecule has 1 aliphatic rings. The molecule has 0 N–H and O–H groups in total. The summed E-state index contributed by atoms with van der Waals surface area (Å²) < 4.78 is 75.6. The van der Waals surface area contributed by atoms with E-state index in [9.17, 15) is 21.2 Å². The Balaban J connectivity index is 1.66. The summed E-state index contributed by atoms with van der Waals surface area (Å²) in [6.45, 7) is 0.695. The van der Waals surface area contributed by atoms with E-state index in [0.29, 0.717) is 24.4 Å². The Morgan fingerprint density at radius 2 is 1.50 bits per heavy atom. The molecule has 0 aromatic heterocycles. The molecule has 0 spiro atoms. The number of nitrogens with zero attached hydrogens (tertiary/aromatic N) is 2.